The second kappa shape index (κ2) is 6.10. The van der Waals surface area contributed by atoms with Crippen molar-refractivity contribution in [2.24, 2.45) is 0 Å². The Labute approximate surface area is 152 Å². The van der Waals surface area contributed by atoms with Crippen LogP contribution in [0.5, 0.6) is 0 Å². The number of nitrogens with zero attached hydrogens (tertiary/aromatic N) is 2. The zero-order valence-electron chi connectivity index (χ0n) is 15.2. The van der Waals surface area contributed by atoms with Crippen molar-refractivity contribution in [3.63, 3.8) is 0 Å². The zero-order valence-corrected chi connectivity index (χ0v) is 15.2. The predicted molar refractivity (Wildman–Crippen MR) is 106 cm³/mol. The highest BCUT2D eigenvalue weighted by Crippen LogP contribution is 2.32. The first-order valence-electron chi connectivity index (χ1n) is 8.77. The van der Waals surface area contributed by atoms with Crippen molar-refractivity contribution in [3.05, 3.63) is 78.9 Å². The van der Waals surface area contributed by atoms with Crippen LogP contribution in [-0.4, -0.2) is 9.55 Å². The number of hydrogen-bond donors (Lipinski definition) is 0. The van der Waals surface area contributed by atoms with Crippen molar-refractivity contribution in [2.75, 3.05) is 0 Å². The summed E-state index contributed by atoms with van der Waals surface area (Å²) in [5.74, 6) is -0.214. The summed E-state index contributed by atoms with van der Waals surface area (Å²) in [6.07, 6.45) is 3.79. The molecule has 0 bridgehead atoms. The van der Waals surface area contributed by atoms with Crippen molar-refractivity contribution in [1.82, 2.24) is 9.55 Å². The molecule has 0 aliphatic carbocycles. The Morgan fingerprint density at radius 1 is 0.846 bits per heavy atom. The van der Waals surface area contributed by atoms with E-state index in [1.807, 2.05) is 66.9 Å². The Kier molecular flexibility index (Phi) is 3.87. The van der Waals surface area contributed by atoms with Crippen molar-refractivity contribution in [2.45, 2.75) is 26.3 Å². The molecule has 4 aromatic rings. The smallest absolute Gasteiger partial charge is 0.138 e. The van der Waals surface area contributed by atoms with Crippen molar-refractivity contribution >= 4 is 11.0 Å². The lowest BCUT2D eigenvalue weighted by Crippen LogP contribution is -2.20. The number of rotatable bonds is 2. The van der Waals surface area contributed by atoms with Crippen LogP contribution in [0.3, 0.4) is 0 Å². The summed E-state index contributed by atoms with van der Waals surface area (Å²) in [7, 11) is 0. The first-order chi connectivity index (χ1) is 12.4. The molecule has 0 aliphatic heterocycles. The van der Waals surface area contributed by atoms with Crippen LogP contribution < -0.4 is 0 Å². The molecule has 2 aromatic carbocycles. The van der Waals surface area contributed by atoms with Gasteiger partial charge < -0.3 is 4.57 Å². The van der Waals surface area contributed by atoms with Crippen LogP contribution in [0, 0.1) is 5.82 Å². The third-order valence-electron chi connectivity index (χ3n) is 4.66. The van der Waals surface area contributed by atoms with Gasteiger partial charge in [-0.1, -0.05) is 48.5 Å². The van der Waals surface area contributed by atoms with Crippen molar-refractivity contribution < 1.29 is 4.39 Å². The molecule has 0 fully saturated rings. The van der Waals surface area contributed by atoms with E-state index in [1.54, 1.807) is 6.20 Å². The minimum Gasteiger partial charge on any atom is -0.341 e. The van der Waals surface area contributed by atoms with Gasteiger partial charge >= 0.3 is 0 Å². The number of pyridine rings is 1. The minimum absolute atomic E-state index is 0.0630. The third kappa shape index (κ3) is 2.80. The maximum atomic E-state index is 15.3. The van der Waals surface area contributed by atoms with Gasteiger partial charge in [-0.25, -0.2) is 4.39 Å². The molecule has 0 spiro atoms. The van der Waals surface area contributed by atoms with E-state index < -0.39 is 0 Å². The van der Waals surface area contributed by atoms with Crippen molar-refractivity contribution in [1.29, 1.82) is 0 Å². The number of benzene rings is 2. The van der Waals surface area contributed by atoms with E-state index in [0.717, 1.165) is 22.2 Å². The van der Waals surface area contributed by atoms with Gasteiger partial charge in [-0.05, 0) is 38.5 Å². The van der Waals surface area contributed by atoms with E-state index in [0.29, 0.717) is 11.1 Å². The first kappa shape index (κ1) is 16.5. The molecule has 0 saturated carbocycles. The molecule has 4 rings (SSSR count). The molecule has 0 amide bonds. The second-order valence-corrected chi connectivity index (χ2v) is 7.52. The highest BCUT2D eigenvalue weighted by Gasteiger charge is 2.17. The fraction of sp³-hybridized carbons (Fsp3) is 0.174. The molecule has 0 radical (unpaired) electrons. The van der Waals surface area contributed by atoms with Gasteiger partial charge in [0.2, 0.25) is 0 Å². The summed E-state index contributed by atoms with van der Waals surface area (Å²) in [5, 5.41) is 0. The second-order valence-electron chi connectivity index (χ2n) is 7.52. The van der Waals surface area contributed by atoms with E-state index in [2.05, 4.69) is 30.3 Å². The Morgan fingerprint density at radius 2 is 1.54 bits per heavy atom. The van der Waals surface area contributed by atoms with Crippen LogP contribution in [0.2, 0.25) is 0 Å². The molecule has 3 heteroatoms. The summed E-state index contributed by atoms with van der Waals surface area (Å²) in [6, 6.07) is 19.2. The lowest BCUT2D eigenvalue weighted by molar-refractivity contribution is 0.411. The van der Waals surface area contributed by atoms with Gasteiger partial charge in [0, 0.05) is 34.6 Å². The Bertz CT molecular complexity index is 1070. The largest absolute Gasteiger partial charge is 0.341 e. The lowest BCUT2D eigenvalue weighted by Gasteiger charge is -2.22. The van der Waals surface area contributed by atoms with Crippen LogP contribution in [0.25, 0.3) is 33.3 Å². The Balaban J connectivity index is 1.88. The topological polar surface area (TPSA) is 17.8 Å². The van der Waals surface area contributed by atoms with Crippen LogP contribution in [0.4, 0.5) is 4.39 Å². The maximum Gasteiger partial charge on any atom is 0.138 e. The van der Waals surface area contributed by atoms with Crippen molar-refractivity contribution in [3.8, 4) is 22.3 Å². The molecular weight excluding hydrogens is 323 g/mol. The maximum absolute atomic E-state index is 15.3. The van der Waals surface area contributed by atoms with E-state index in [9.17, 15) is 0 Å². The van der Waals surface area contributed by atoms with E-state index in [-0.39, 0.29) is 11.4 Å². The molecule has 130 valence electrons. The van der Waals surface area contributed by atoms with Gasteiger partial charge in [-0.15, -0.1) is 0 Å². The SMILES string of the molecule is CC(C)(C)n1ccc2ncc(-c3cccc(-c4ccccc4)c3F)cc21. The zero-order chi connectivity index (χ0) is 18.3. The first-order valence-corrected chi connectivity index (χ1v) is 8.77. The number of fused-ring (bicyclic) bond motifs is 1. The molecule has 0 unspecified atom stereocenters. The highest BCUT2D eigenvalue weighted by atomic mass is 19.1. The van der Waals surface area contributed by atoms with Crippen LogP contribution in [-0.2, 0) is 5.54 Å². The molecule has 0 saturated heterocycles. The Morgan fingerprint density at radius 3 is 2.23 bits per heavy atom. The summed E-state index contributed by atoms with van der Waals surface area (Å²) in [5.41, 5.74) is 4.71. The molecule has 2 nitrogen and oxygen atoms in total. The fourth-order valence-corrected chi connectivity index (χ4v) is 3.34. The summed E-state index contributed by atoms with van der Waals surface area (Å²) < 4.78 is 17.4. The Hall–Kier alpha value is -2.94. The monoisotopic (exact) mass is 344 g/mol. The molecular formula is C23H21FN2. The normalized spacial score (nSPS) is 11.8. The van der Waals surface area contributed by atoms with Gasteiger partial charge in [-0.2, -0.15) is 0 Å². The summed E-state index contributed by atoms with van der Waals surface area (Å²) >= 11 is 0. The quantitative estimate of drug-likeness (QED) is 0.419. The van der Waals surface area contributed by atoms with Gasteiger partial charge in [0.05, 0.1) is 11.0 Å². The van der Waals surface area contributed by atoms with Crippen LogP contribution in [0.1, 0.15) is 20.8 Å². The summed E-state index contributed by atoms with van der Waals surface area (Å²) in [6.45, 7) is 6.45. The minimum atomic E-state index is -0.214. The lowest BCUT2D eigenvalue weighted by atomic mass is 9.98. The van der Waals surface area contributed by atoms with Gasteiger partial charge in [0.25, 0.3) is 0 Å². The van der Waals surface area contributed by atoms with E-state index >= 15 is 4.39 Å². The average molecular weight is 344 g/mol. The van der Waals surface area contributed by atoms with Gasteiger partial charge in [0.15, 0.2) is 0 Å². The van der Waals surface area contributed by atoms with E-state index in [4.69, 9.17) is 0 Å². The highest BCUT2D eigenvalue weighted by molar-refractivity contribution is 5.83. The predicted octanol–water partition coefficient (Wildman–Crippen LogP) is 6.26. The van der Waals surface area contributed by atoms with Gasteiger partial charge in [0.1, 0.15) is 5.82 Å². The average Bonchev–Trinajstić information content (AvgIpc) is 3.06. The van der Waals surface area contributed by atoms with Crippen LogP contribution in [0.15, 0.2) is 73.1 Å². The molecule has 26 heavy (non-hydrogen) atoms. The number of hydrogen-bond acceptors (Lipinski definition) is 1. The van der Waals surface area contributed by atoms with Crippen LogP contribution >= 0.6 is 0 Å². The molecule has 0 N–H and O–H groups in total. The molecule has 2 aromatic heterocycles. The summed E-state index contributed by atoms with van der Waals surface area (Å²) in [4.78, 5) is 4.55. The third-order valence-corrected chi connectivity index (χ3v) is 4.66. The number of halogens is 1. The standard InChI is InChI=1S/C23H21FN2/c1-23(2,3)26-13-12-20-21(26)14-17(15-25-20)19-11-7-10-18(22(19)24)16-8-5-4-6-9-16/h4-15H,1-3H3. The van der Waals surface area contributed by atoms with Gasteiger partial charge in [-0.3, -0.25) is 4.98 Å². The molecule has 0 aliphatic rings. The molecule has 0 atom stereocenters. The number of aromatic nitrogens is 2. The van der Waals surface area contributed by atoms with E-state index in [1.165, 1.54) is 0 Å². The fourth-order valence-electron chi connectivity index (χ4n) is 3.34. The molecule has 2 heterocycles.